The Hall–Kier alpha value is -1.06. The molecule has 2 rings (SSSR count). The van der Waals surface area contributed by atoms with E-state index in [0.717, 1.165) is 38.9 Å². The summed E-state index contributed by atoms with van der Waals surface area (Å²) >= 11 is 0. The summed E-state index contributed by atoms with van der Waals surface area (Å²) in [6.45, 7) is 7.53. The third-order valence-electron chi connectivity index (χ3n) is 4.31. The number of carbonyl (C=O) groups is 2. The minimum Gasteiger partial charge on any atom is -0.342 e. The molecule has 2 amide bonds. The Balaban J connectivity index is 1.88. The van der Waals surface area contributed by atoms with Gasteiger partial charge >= 0.3 is 0 Å². The van der Waals surface area contributed by atoms with E-state index in [0.29, 0.717) is 18.9 Å². The van der Waals surface area contributed by atoms with Gasteiger partial charge in [-0.2, -0.15) is 0 Å². The van der Waals surface area contributed by atoms with Gasteiger partial charge in [0.15, 0.2) is 0 Å². The summed E-state index contributed by atoms with van der Waals surface area (Å²) in [4.78, 5) is 28.2. The Labute approximate surface area is 116 Å². The van der Waals surface area contributed by atoms with Crippen LogP contribution < -0.4 is 0 Å². The zero-order valence-corrected chi connectivity index (χ0v) is 12.2. The van der Waals surface area contributed by atoms with E-state index in [1.165, 1.54) is 6.42 Å². The molecule has 4 nitrogen and oxygen atoms in total. The maximum Gasteiger partial charge on any atom is 0.228 e. The van der Waals surface area contributed by atoms with Gasteiger partial charge in [0.05, 0.1) is 5.92 Å². The molecule has 0 aliphatic carbocycles. The lowest BCUT2D eigenvalue weighted by Crippen LogP contribution is -2.43. The lowest BCUT2D eigenvalue weighted by molar-refractivity contribution is -0.137. The van der Waals surface area contributed by atoms with Crippen LogP contribution in [0.15, 0.2) is 0 Å². The average molecular weight is 266 g/mol. The number of likely N-dealkylation sites (tertiary alicyclic amines) is 2. The van der Waals surface area contributed by atoms with Crippen molar-refractivity contribution in [1.29, 1.82) is 0 Å². The highest BCUT2D eigenvalue weighted by atomic mass is 16.2. The molecule has 2 aliphatic heterocycles. The van der Waals surface area contributed by atoms with Gasteiger partial charge in [-0.3, -0.25) is 9.59 Å². The van der Waals surface area contributed by atoms with E-state index in [1.807, 2.05) is 9.80 Å². The van der Waals surface area contributed by atoms with Crippen molar-refractivity contribution in [3.63, 3.8) is 0 Å². The largest absolute Gasteiger partial charge is 0.342 e. The number of amides is 2. The van der Waals surface area contributed by atoms with Gasteiger partial charge in [0.2, 0.25) is 11.8 Å². The van der Waals surface area contributed by atoms with Crippen molar-refractivity contribution >= 4 is 11.8 Å². The number of piperidine rings is 1. The quantitative estimate of drug-likeness (QED) is 0.779. The Bertz CT molecular complexity index is 343. The Kier molecular flexibility index (Phi) is 4.83. The summed E-state index contributed by atoms with van der Waals surface area (Å²) in [5.41, 5.74) is 0. The third-order valence-corrected chi connectivity index (χ3v) is 4.31. The van der Waals surface area contributed by atoms with Gasteiger partial charge in [-0.25, -0.2) is 0 Å². The fourth-order valence-electron chi connectivity index (χ4n) is 3.15. The molecule has 0 unspecified atom stereocenters. The standard InChI is InChI=1S/C15H26N2O2/c1-3-4-7-16-11-13(9-14(16)18)15(19)17-8-5-6-12(2)10-17/h12-13H,3-11H2,1-2H3/t12-,13-/m0/s1. The first-order chi connectivity index (χ1) is 9.11. The molecule has 0 aromatic rings. The second-order valence-electron chi connectivity index (χ2n) is 6.13. The first-order valence-electron chi connectivity index (χ1n) is 7.68. The van der Waals surface area contributed by atoms with Crippen LogP contribution in [0.4, 0.5) is 0 Å². The topological polar surface area (TPSA) is 40.6 Å². The minimum atomic E-state index is -0.0883. The van der Waals surface area contributed by atoms with Crippen LogP contribution in [-0.4, -0.2) is 47.8 Å². The van der Waals surface area contributed by atoms with Crippen LogP contribution >= 0.6 is 0 Å². The highest BCUT2D eigenvalue weighted by Crippen LogP contribution is 2.23. The summed E-state index contributed by atoms with van der Waals surface area (Å²) in [5, 5.41) is 0. The summed E-state index contributed by atoms with van der Waals surface area (Å²) < 4.78 is 0. The number of nitrogens with zero attached hydrogens (tertiary/aromatic N) is 2. The van der Waals surface area contributed by atoms with E-state index in [1.54, 1.807) is 0 Å². The van der Waals surface area contributed by atoms with Crippen molar-refractivity contribution in [2.24, 2.45) is 11.8 Å². The molecule has 0 aromatic heterocycles. The van der Waals surface area contributed by atoms with Gasteiger partial charge in [0.25, 0.3) is 0 Å². The van der Waals surface area contributed by atoms with Gasteiger partial charge in [-0.15, -0.1) is 0 Å². The maximum absolute atomic E-state index is 12.5. The first-order valence-corrected chi connectivity index (χ1v) is 7.68. The highest BCUT2D eigenvalue weighted by molar-refractivity contribution is 5.89. The summed E-state index contributed by atoms with van der Waals surface area (Å²) in [5.74, 6) is 0.886. The van der Waals surface area contributed by atoms with Gasteiger partial charge in [0.1, 0.15) is 0 Å². The van der Waals surface area contributed by atoms with Crippen molar-refractivity contribution in [2.75, 3.05) is 26.2 Å². The molecule has 4 heteroatoms. The molecule has 2 aliphatic rings. The zero-order valence-electron chi connectivity index (χ0n) is 12.2. The fourth-order valence-corrected chi connectivity index (χ4v) is 3.15. The van der Waals surface area contributed by atoms with Crippen molar-refractivity contribution in [3.05, 3.63) is 0 Å². The molecule has 0 aromatic carbocycles. The first kappa shape index (κ1) is 14.4. The van der Waals surface area contributed by atoms with E-state index < -0.39 is 0 Å². The lowest BCUT2D eigenvalue weighted by atomic mass is 9.98. The number of carbonyl (C=O) groups excluding carboxylic acids is 2. The van der Waals surface area contributed by atoms with Crippen LogP contribution in [0.1, 0.15) is 46.0 Å². The predicted molar refractivity (Wildman–Crippen MR) is 74.6 cm³/mol. The van der Waals surface area contributed by atoms with Crippen molar-refractivity contribution in [3.8, 4) is 0 Å². The van der Waals surface area contributed by atoms with Crippen LogP contribution in [0, 0.1) is 11.8 Å². The molecular weight excluding hydrogens is 240 g/mol. The number of hydrogen-bond acceptors (Lipinski definition) is 2. The van der Waals surface area contributed by atoms with E-state index in [2.05, 4.69) is 13.8 Å². The smallest absolute Gasteiger partial charge is 0.228 e. The molecular formula is C15H26N2O2. The minimum absolute atomic E-state index is 0.0883. The average Bonchev–Trinajstić information content (AvgIpc) is 2.77. The van der Waals surface area contributed by atoms with Crippen LogP contribution in [-0.2, 0) is 9.59 Å². The molecule has 2 saturated heterocycles. The molecule has 0 spiro atoms. The van der Waals surface area contributed by atoms with Gasteiger partial charge < -0.3 is 9.80 Å². The molecule has 0 bridgehead atoms. The summed E-state index contributed by atoms with van der Waals surface area (Å²) in [7, 11) is 0. The van der Waals surface area contributed by atoms with Crippen LogP contribution in [0.2, 0.25) is 0 Å². The highest BCUT2D eigenvalue weighted by Gasteiger charge is 2.36. The third kappa shape index (κ3) is 3.48. The molecule has 2 atom stereocenters. The van der Waals surface area contributed by atoms with E-state index in [9.17, 15) is 9.59 Å². The molecule has 2 heterocycles. The lowest BCUT2D eigenvalue weighted by Gasteiger charge is -2.32. The van der Waals surface area contributed by atoms with E-state index >= 15 is 0 Å². The number of unbranched alkanes of at least 4 members (excludes halogenated alkanes) is 1. The fraction of sp³-hybridized carbons (Fsp3) is 0.867. The Morgan fingerprint density at radius 3 is 2.84 bits per heavy atom. The van der Waals surface area contributed by atoms with Crippen molar-refractivity contribution in [2.45, 2.75) is 46.0 Å². The molecule has 2 fully saturated rings. The Morgan fingerprint density at radius 1 is 1.37 bits per heavy atom. The van der Waals surface area contributed by atoms with Crippen LogP contribution in [0.5, 0.6) is 0 Å². The molecule has 0 N–H and O–H groups in total. The van der Waals surface area contributed by atoms with E-state index in [-0.39, 0.29) is 17.7 Å². The van der Waals surface area contributed by atoms with Gasteiger partial charge in [-0.05, 0) is 25.2 Å². The summed E-state index contributed by atoms with van der Waals surface area (Å²) in [6, 6.07) is 0. The second kappa shape index (κ2) is 6.40. The number of hydrogen-bond donors (Lipinski definition) is 0. The molecule has 0 saturated carbocycles. The molecule has 108 valence electrons. The van der Waals surface area contributed by atoms with Crippen molar-refractivity contribution in [1.82, 2.24) is 9.80 Å². The van der Waals surface area contributed by atoms with E-state index in [4.69, 9.17) is 0 Å². The molecule has 19 heavy (non-hydrogen) atoms. The van der Waals surface area contributed by atoms with Crippen LogP contribution in [0.3, 0.4) is 0 Å². The number of rotatable bonds is 4. The normalized spacial score (nSPS) is 28.0. The molecule has 0 radical (unpaired) electrons. The van der Waals surface area contributed by atoms with Gasteiger partial charge in [0, 0.05) is 32.6 Å². The monoisotopic (exact) mass is 266 g/mol. The van der Waals surface area contributed by atoms with Crippen LogP contribution in [0.25, 0.3) is 0 Å². The second-order valence-corrected chi connectivity index (χ2v) is 6.13. The SMILES string of the molecule is CCCCN1C[C@@H](C(=O)N2CCC[C@H](C)C2)CC1=O. The summed E-state index contributed by atoms with van der Waals surface area (Å²) in [6.07, 6.45) is 4.87. The van der Waals surface area contributed by atoms with Crippen molar-refractivity contribution < 1.29 is 9.59 Å². The maximum atomic E-state index is 12.5. The Morgan fingerprint density at radius 2 is 2.16 bits per heavy atom. The predicted octanol–water partition coefficient (Wildman–Crippen LogP) is 1.89. The van der Waals surface area contributed by atoms with Gasteiger partial charge in [-0.1, -0.05) is 20.3 Å². The zero-order chi connectivity index (χ0) is 13.8.